The SMILES string of the molecule is CN(c1ncc(-c2nnc(N3CCC(c4cn[nH]n4)CC3)o2)cn1)C1Cc2cc(F)c(F)cc2C1. The second-order valence-corrected chi connectivity index (χ2v) is 9.03. The van der Waals surface area contributed by atoms with E-state index in [1.165, 1.54) is 12.1 Å². The molecule has 4 heterocycles. The molecule has 1 N–H and O–H groups in total. The van der Waals surface area contributed by atoms with Crippen molar-refractivity contribution >= 4 is 12.0 Å². The van der Waals surface area contributed by atoms with Crippen molar-refractivity contribution in [2.45, 2.75) is 37.6 Å². The van der Waals surface area contributed by atoms with Gasteiger partial charge in [0, 0.05) is 44.5 Å². The zero-order valence-electron chi connectivity index (χ0n) is 19.0. The summed E-state index contributed by atoms with van der Waals surface area (Å²) in [4.78, 5) is 12.9. The second kappa shape index (κ2) is 8.67. The largest absolute Gasteiger partial charge is 0.403 e. The standard InChI is InChI=1S/C23H23F2N9O/c1-33(17-6-14-8-18(24)19(25)9-15(14)7-17)22-26-10-16(11-27-22)21-30-31-23(35-21)34-4-2-13(3-5-34)20-12-28-32-29-20/h8-13,17H,2-7H2,1H3,(H,28,29,32). The zero-order chi connectivity index (χ0) is 23.9. The highest BCUT2D eigenvalue weighted by atomic mass is 19.2. The van der Waals surface area contributed by atoms with Gasteiger partial charge in [-0.25, -0.2) is 18.7 Å². The number of hydrogen-bond acceptors (Lipinski definition) is 9. The molecule has 1 fully saturated rings. The molecule has 0 bridgehead atoms. The van der Waals surface area contributed by atoms with Gasteiger partial charge in [-0.05, 0) is 48.9 Å². The van der Waals surface area contributed by atoms with Gasteiger partial charge in [-0.15, -0.1) is 5.10 Å². The molecule has 0 radical (unpaired) electrons. The molecular weight excluding hydrogens is 456 g/mol. The fraction of sp³-hybridized carbons (Fsp3) is 0.391. The van der Waals surface area contributed by atoms with Crippen molar-refractivity contribution < 1.29 is 13.2 Å². The quantitative estimate of drug-likeness (QED) is 0.462. The molecule has 12 heteroatoms. The highest BCUT2D eigenvalue weighted by Crippen LogP contribution is 2.31. The van der Waals surface area contributed by atoms with Crippen LogP contribution in [0.5, 0.6) is 0 Å². The number of nitrogens with one attached hydrogen (secondary N) is 1. The van der Waals surface area contributed by atoms with E-state index in [-0.39, 0.29) is 6.04 Å². The Morgan fingerprint density at radius 3 is 2.31 bits per heavy atom. The number of hydrogen-bond donors (Lipinski definition) is 1. The van der Waals surface area contributed by atoms with Crippen LogP contribution in [-0.4, -0.2) is 61.8 Å². The first kappa shape index (κ1) is 21.6. The number of fused-ring (bicyclic) bond motifs is 1. The summed E-state index contributed by atoms with van der Waals surface area (Å²) in [6.45, 7) is 1.58. The van der Waals surface area contributed by atoms with Crippen LogP contribution < -0.4 is 9.80 Å². The maximum absolute atomic E-state index is 13.6. The second-order valence-electron chi connectivity index (χ2n) is 9.03. The van der Waals surface area contributed by atoms with Crippen molar-refractivity contribution in [3.8, 4) is 11.5 Å². The van der Waals surface area contributed by atoms with Gasteiger partial charge in [0.1, 0.15) is 0 Å². The Kier molecular flexibility index (Phi) is 5.34. The van der Waals surface area contributed by atoms with Crippen molar-refractivity contribution in [3.63, 3.8) is 0 Å². The monoisotopic (exact) mass is 479 g/mol. The van der Waals surface area contributed by atoms with E-state index >= 15 is 0 Å². The van der Waals surface area contributed by atoms with Crippen molar-refractivity contribution in [1.29, 1.82) is 0 Å². The van der Waals surface area contributed by atoms with Crippen LogP contribution in [-0.2, 0) is 12.8 Å². The predicted octanol–water partition coefficient (Wildman–Crippen LogP) is 2.91. The summed E-state index contributed by atoms with van der Waals surface area (Å²) >= 11 is 0. The normalized spacial score (nSPS) is 16.6. The zero-order valence-corrected chi connectivity index (χ0v) is 19.0. The molecule has 3 aromatic heterocycles. The topological polar surface area (TPSA) is 113 Å². The van der Waals surface area contributed by atoms with E-state index in [2.05, 4.69) is 40.5 Å². The summed E-state index contributed by atoms with van der Waals surface area (Å²) in [5.74, 6) is -0.387. The third-order valence-corrected chi connectivity index (χ3v) is 6.93. The average Bonchev–Trinajstić information content (AvgIpc) is 3.65. The van der Waals surface area contributed by atoms with Gasteiger partial charge in [0.15, 0.2) is 11.6 Å². The predicted molar refractivity (Wildman–Crippen MR) is 122 cm³/mol. The first-order valence-electron chi connectivity index (χ1n) is 11.5. The highest BCUT2D eigenvalue weighted by molar-refractivity contribution is 5.52. The van der Waals surface area contributed by atoms with E-state index in [0.29, 0.717) is 42.2 Å². The Morgan fingerprint density at radius 1 is 1.00 bits per heavy atom. The van der Waals surface area contributed by atoms with Gasteiger partial charge in [-0.2, -0.15) is 15.4 Å². The maximum Gasteiger partial charge on any atom is 0.318 e. The molecule has 35 heavy (non-hydrogen) atoms. The molecule has 1 aromatic carbocycles. The van der Waals surface area contributed by atoms with E-state index in [4.69, 9.17) is 4.42 Å². The molecule has 0 amide bonds. The van der Waals surface area contributed by atoms with Gasteiger partial charge in [-0.3, -0.25) is 0 Å². The number of piperidine rings is 1. The summed E-state index contributed by atoms with van der Waals surface area (Å²) in [5.41, 5.74) is 3.25. The lowest BCUT2D eigenvalue weighted by Gasteiger charge is -2.29. The van der Waals surface area contributed by atoms with Crippen LogP contribution in [0.4, 0.5) is 20.7 Å². The number of anilines is 2. The van der Waals surface area contributed by atoms with Crippen molar-refractivity contribution in [1.82, 2.24) is 35.6 Å². The van der Waals surface area contributed by atoms with Crippen LogP contribution in [0.1, 0.15) is 35.6 Å². The Hall–Kier alpha value is -3.96. The molecule has 0 saturated carbocycles. The first-order chi connectivity index (χ1) is 17.0. The molecule has 2 aliphatic rings. The fourth-order valence-corrected chi connectivity index (χ4v) is 4.87. The lowest BCUT2D eigenvalue weighted by Crippen LogP contribution is -2.33. The molecular formula is C23H23F2N9O. The lowest BCUT2D eigenvalue weighted by atomic mass is 9.94. The summed E-state index contributed by atoms with van der Waals surface area (Å²) in [6, 6.07) is 3.06. The molecule has 0 spiro atoms. The van der Waals surface area contributed by atoms with Gasteiger partial charge in [0.25, 0.3) is 5.89 Å². The molecule has 10 nitrogen and oxygen atoms in total. The van der Waals surface area contributed by atoms with Crippen LogP contribution in [0.15, 0.2) is 35.1 Å². The van der Waals surface area contributed by atoms with Crippen LogP contribution in [0, 0.1) is 11.6 Å². The Labute approximate surface area is 199 Å². The number of aromatic nitrogens is 7. The van der Waals surface area contributed by atoms with E-state index in [9.17, 15) is 8.78 Å². The minimum atomic E-state index is -0.814. The van der Waals surface area contributed by atoms with Crippen LogP contribution in [0.2, 0.25) is 0 Å². The van der Waals surface area contributed by atoms with E-state index < -0.39 is 11.6 Å². The highest BCUT2D eigenvalue weighted by Gasteiger charge is 2.28. The number of benzene rings is 1. The van der Waals surface area contributed by atoms with Crippen molar-refractivity contribution in [2.75, 3.05) is 29.9 Å². The van der Waals surface area contributed by atoms with E-state index in [0.717, 1.165) is 42.8 Å². The van der Waals surface area contributed by atoms with Crippen molar-refractivity contribution in [3.05, 3.63) is 59.2 Å². The number of rotatable bonds is 5. The van der Waals surface area contributed by atoms with Crippen LogP contribution >= 0.6 is 0 Å². The summed E-state index contributed by atoms with van der Waals surface area (Å²) in [6.07, 6.45) is 8.14. The molecule has 180 valence electrons. The summed E-state index contributed by atoms with van der Waals surface area (Å²) in [7, 11) is 1.88. The maximum atomic E-state index is 13.6. The van der Waals surface area contributed by atoms with E-state index in [1.54, 1.807) is 18.6 Å². The van der Waals surface area contributed by atoms with Gasteiger partial charge in [-0.1, -0.05) is 5.10 Å². The Morgan fingerprint density at radius 2 is 1.69 bits per heavy atom. The third kappa shape index (κ3) is 4.08. The average molecular weight is 479 g/mol. The van der Waals surface area contributed by atoms with Gasteiger partial charge >= 0.3 is 6.01 Å². The van der Waals surface area contributed by atoms with Crippen LogP contribution in [0.3, 0.4) is 0 Å². The number of H-pyrrole nitrogens is 1. The molecule has 1 aliphatic heterocycles. The molecule has 0 unspecified atom stereocenters. The smallest absolute Gasteiger partial charge is 0.318 e. The molecule has 6 rings (SSSR count). The first-order valence-corrected chi connectivity index (χ1v) is 11.5. The number of aromatic amines is 1. The van der Waals surface area contributed by atoms with Crippen molar-refractivity contribution in [2.24, 2.45) is 0 Å². The third-order valence-electron chi connectivity index (χ3n) is 6.93. The molecule has 1 aliphatic carbocycles. The Balaban J connectivity index is 1.10. The number of nitrogens with zero attached hydrogens (tertiary/aromatic N) is 8. The van der Waals surface area contributed by atoms with E-state index in [1.807, 2.05) is 11.9 Å². The summed E-state index contributed by atoms with van der Waals surface area (Å²) < 4.78 is 33.1. The number of likely N-dealkylation sites (N-methyl/N-ethyl adjacent to an activating group) is 1. The number of halogens is 2. The van der Waals surface area contributed by atoms with Gasteiger partial charge < -0.3 is 14.2 Å². The minimum absolute atomic E-state index is 0.0206. The Bertz CT molecular complexity index is 1290. The lowest BCUT2D eigenvalue weighted by molar-refractivity contribution is 0.456. The molecule has 4 aromatic rings. The fourth-order valence-electron chi connectivity index (χ4n) is 4.87. The van der Waals surface area contributed by atoms with Crippen LogP contribution in [0.25, 0.3) is 11.5 Å². The minimum Gasteiger partial charge on any atom is -0.403 e. The molecule has 0 atom stereocenters. The van der Waals surface area contributed by atoms with Gasteiger partial charge in [0.05, 0.1) is 17.5 Å². The molecule has 1 saturated heterocycles. The summed E-state index contributed by atoms with van der Waals surface area (Å²) in [5, 5.41) is 19.1. The van der Waals surface area contributed by atoms with Gasteiger partial charge in [0.2, 0.25) is 5.95 Å².